The number of hydrogen-bond acceptors (Lipinski definition) is 2. The molecule has 2 fully saturated rings. The third kappa shape index (κ3) is 2.77. The predicted molar refractivity (Wildman–Crippen MR) is 90.3 cm³/mol. The minimum Gasteiger partial charge on any atom is -0.339 e. The van der Waals surface area contributed by atoms with E-state index in [9.17, 15) is 4.79 Å². The van der Waals surface area contributed by atoms with Crippen LogP contribution in [0.3, 0.4) is 0 Å². The van der Waals surface area contributed by atoms with E-state index in [1.807, 2.05) is 18.2 Å². The molecular weight excluding hydrogens is 296 g/mol. The molecule has 1 amide bonds. The van der Waals surface area contributed by atoms with Gasteiger partial charge in [0.05, 0.1) is 5.41 Å². The fraction of sp³-hybridized carbons (Fsp3) is 0.611. The maximum absolute atomic E-state index is 13.2. The Hall–Kier alpha value is -1.06. The summed E-state index contributed by atoms with van der Waals surface area (Å²) >= 11 is 6.14. The van der Waals surface area contributed by atoms with E-state index >= 15 is 0 Å². The number of benzene rings is 1. The molecule has 1 saturated carbocycles. The summed E-state index contributed by atoms with van der Waals surface area (Å²) in [6, 6.07) is 8.43. The Balaban J connectivity index is 1.76. The van der Waals surface area contributed by atoms with Gasteiger partial charge in [0.25, 0.3) is 0 Å². The quantitative estimate of drug-likeness (QED) is 0.853. The van der Waals surface area contributed by atoms with E-state index in [4.69, 9.17) is 11.6 Å². The van der Waals surface area contributed by atoms with Crippen molar-refractivity contribution in [1.29, 1.82) is 0 Å². The Labute approximate surface area is 138 Å². The molecule has 22 heavy (non-hydrogen) atoms. The van der Waals surface area contributed by atoms with E-state index in [-0.39, 0.29) is 5.41 Å². The molecule has 0 atom stereocenters. The summed E-state index contributed by atoms with van der Waals surface area (Å²) in [6.45, 7) is 8.09. The largest absolute Gasteiger partial charge is 0.339 e. The molecule has 0 spiro atoms. The summed E-state index contributed by atoms with van der Waals surface area (Å²) in [5.41, 5.74) is 0.785. The summed E-state index contributed by atoms with van der Waals surface area (Å²) in [5, 5.41) is 0.723. The van der Waals surface area contributed by atoms with Crippen molar-refractivity contribution in [2.45, 2.75) is 44.6 Å². The highest BCUT2D eigenvalue weighted by Gasteiger charge is 2.48. The topological polar surface area (TPSA) is 23.6 Å². The van der Waals surface area contributed by atoms with Crippen molar-refractivity contribution in [3.8, 4) is 0 Å². The lowest BCUT2D eigenvalue weighted by Gasteiger charge is -2.46. The standard InChI is InChI=1S/C18H25ClN2O/c1-14(2)20-9-11-21(12-10-20)17(22)18(7-4-8-18)15-5-3-6-16(19)13-15/h3,5-6,13-14H,4,7-12H2,1-2H3. The normalized spacial score (nSPS) is 21.7. The predicted octanol–water partition coefficient (Wildman–Crippen LogP) is 3.31. The van der Waals surface area contributed by atoms with E-state index in [2.05, 4.69) is 29.7 Å². The lowest BCUT2D eigenvalue weighted by Crippen LogP contribution is -2.57. The van der Waals surface area contributed by atoms with E-state index in [1.165, 1.54) is 0 Å². The Bertz CT molecular complexity index is 546. The van der Waals surface area contributed by atoms with Gasteiger partial charge in [-0.1, -0.05) is 30.2 Å². The number of rotatable bonds is 3. The summed E-state index contributed by atoms with van der Waals surface area (Å²) in [5.74, 6) is 0.310. The number of hydrogen-bond donors (Lipinski definition) is 0. The van der Waals surface area contributed by atoms with Crippen LogP contribution in [0, 0.1) is 0 Å². The minimum atomic E-state index is -0.315. The Morgan fingerprint density at radius 2 is 1.86 bits per heavy atom. The third-order valence-corrected chi connectivity index (χ3v) is 5.56. The summed E-state index contributed by atoms with van der Waals surface area (Å²) < 4.78 is 0. The van der Waals surface area contributed by atoms with Gasteiger partial charge in [-0.15, -0.1) is 0 Å². The molecule has 0 radical (unpaired) electrons. The highest BCUT2D eigenvalue weighted by atomic mass is 35.5. The smallest absolute Gasteiger partial charge is 0.233 e. The lowest BCUT2D eigenvalue weighted by atomic mass is 9.63. The average Bonchev–Trinajstić information content (AvgIpc) is 2.46. The molecule has 2 aliphatic rings. The van der Waals surface area contributed by atoms with E-state index in [0.717, 1.165) is 56.0 Å². The third-order valence-electron chi connectivity index (χ3n) is 5.33. The fourth-order valence-corrected chi connectivity index (χ4v) is 3.88. The van der Waals surface area contributed by atoms with Gasteiger partial charge in [0.2, 0.25) is 5.91 Å². The molecular formula is C18H25ClN2O. The van der Waals surface area contributed by atoms with E-state index in [0.29, 0.717) is 11.9 Å². The molecule has 0 aromatic heterocycles. The number of piperazine rings is 1. The molecule has 1 heterocycles. The molecule has 0 N–H and O–H groups in total. The van der Waals surface area contributed by atoms with Gasteiger partial charge in [-0.3, -0.25) is 9.69 Å². The van der Waals surface area contributed by atoms with E-state index < -0.39 is 0 Å². The Kier molecular flexibility index (Phi) is 4.47. The molecule has 3 nitrogen and oxygen atoms in total. The summed E-state index contributed by atoms with van der Waals surface area (Å²) in [7, 11) is 0. The van der Waals surface area contributed by atoms with Crippen LogP contribution in [0.1, 0.15) is 38.7 Å². The van der Waals surface area contributed by atoms with Crippen molar-refractivity contribution in [1.82, 2.24) is 9.80 Å². The molecule has 4 heteroatoms. The SMILES string of the molecule is CC(C)N1CCN(C(=O)C2(c3cccc(Cl)c3)CCC2)CC1. The molecule has 1 aromatic rings. The molecule has 120 valence electrons. The van der Waals surface area contributed by atoms with Crippen molar-refractivity contribution >= 4 is 17.5 Å². The highest BCUT2D eigenvalue weighted by molar-refractivity contribution is 6.30. The van der Waals surface area contributed by atoms with Crippen LogP contribution >= 0.6 is 11.6 Å². The lowest BCUT2D eigenvalue weighted by molar-refractivity contribution is -0.143. The van der Waals surface area contributed by atoms with Crippen LogP contribution in [0.5, 0.6) is 0 Å². The molecule has 1 aliphatic carbocycles. The van der Waals surface area contributed by atoms with Crippen molar-refractivity contribution in [2.75, 3.05) is 26.2 Å². The summed E-state index contributed by atoms with van der Waals surface area (Å²) in [4.78, 5) is 17.7. The van der Waals surface area contributed by atoms with Crippen molar-refractivity contribution < 1.29 is 4.79 Å². The summed E-state index contributed by atoms with van der Waals surface area (Å²) in [6.07, 6.45) is 3.04. The van der Waals surface area contributed by atoms with Gasteiger partial charge >= 0.3 is 0 Å². The second-order valence-corrected chi connectivity index (χ2v) is 7.30. The molecule has 0 bridgehead atoms. The Morgan fingerprint density at radius 1 is 1.18 bits per heavy atom. The zero-order chi connectivity index (χ0) is 15.7. The first-order valence-corrected chi connectivity index (χ1v) is 8.70. The van der Waals surface area contributed by atoms with Gasteiger partial charge in [0.1, 0.15) is 0 Å². The van der Waals surface area contributed by atoms with Crippen LogP contribution < -0.4 is 0 Å². The van der Waals surface area contributed by atoms with Crippen molar-refractivity contribution in [3.63, 3.8) is 0 Å². The first-order chi connectivity index (χ1) is 10.5. The molecule has 1 saturated heterocycles. The average molecular weight is 321 g/mol. The van der Waals surface area contributed by atoms with Crippen molar-refractivity contribution in [2.24, 2.45) is 0 Å². The highest BCUT2D eigenvalue weighted by Crippen LogP contribution is 2.45. The van der Waals surface area contributed by atoms with Crippen LogP contribution in [0.2, 0.25) is 5.02 Å². The maximum Gasteiger partial charge on any atom is 0.233 e. The van der Waals surface area contributed by atoms with Gasteiger partial charge in [0, 0.05) is 37.2 Å². The van der Waals surface area contributed by atoms with Gasteiger partial charge in [-0.05, 0) is 44.4 Å². The number of halogens is 1. The molecule has 1 aliphatic heterocycles. The molecule has 0 unspecified atom stereocenters. The van der Waals surface area contributed by atoms with Gasteiger partial charge in [-0.25, -0.2) is 0 Å². The van der Waals surface area contributed by atoms with Crippen LogP contribution in [0.15, 0.2) is 24.3 Å². The Morgan fingerprint density at radius 3 is 2.36 bits per heavy atom. The zero-order valence-electron chi connectivity index (χ0n) is 13.5. The first-order valence-electron chi connectivity index (χ1n) is 8.32. The number of carbonyl (C=O) groups excluding carboxylic acids is 1. The van der Waals surface area contributed by atoms with Gasteiger partial charge in [0.15, 0.2) is 0 Å². The van der Waals surface area contributed by atoms with Gasteiger partial charge in [-0.2, -0.15) is 0 Å². The van der Waals surface area contributed by atoms with Crippen LogP contribution in [0.4, 0.5) is 0 Å². The van der Waals surface area contributed by atoms with Gasteiger partial charge < -0.3 is 4.90 Å². The van der Waals surface area contributed by atoms with Crippen LogP contribution in [-0.2, 0) is 10.2 Å². The van der Waals surface area contributed by atoms with Crippen LogP contribution in [-0.4, -0.2) is 47.9 Å². The second kappa shape index (κ2) is 6.21. The van der Waals surface area contributed by atoms with Crippen molar-refractivity contribution in [3.05, 3.63) is 34.9 Å². The zero-order valence-corrected chi connectivity index (χ0v) is 14.3. The molecule has 1 aromatic carbocycles. The van der Waals surface area contributed by atoms with Crippen LogP contribution in [0.25, 0.3) is 0 Å². The minimum absolute atomic E-state index is 0.310. The number of carbonyl (C=O) groups is 1. The number of nitrogens with zero attached hydrogens (tertiary/aromatic N) is 2. The monoisotopic (exact) mass is 320 g/mol. The fourth-order valence-electron chi connectivity index (χ4n) is 3.69. The molecule has 3 rings (SSSR count). The maximum atomic E-state index is 13.2. The first kappa shape index (κ1) is 15.8. The van der Waals surface area contributed by atoms with E-state index in [1.54, 1.807) is 0 Å². The second-order valence-electron chi connectivity index (χ2n) is 6.87. The number of amides is 1.